The van der Waals surface area contributed by atoms with Gasteiger partial charge >= 0.3 is 5.97 Å². The molecule has 17 heavy (non-hydrogen) atoms. The largest absolute Gasteiger partial charge is 0.463 e. The number of hydrogen-bond donors (Lipinski definition) is 1. The van der Waals surface area contributed by atoms with Gasteiger partial charge in [0.25, 0.3) is 0 Å². The van der Waals surface area contributed by atoms with Crippen LogP contribution in [0.3, 0.4) is 0 Å². The first-order chi connectivity index (χ1) is 8.04. The number of ether oxygens (including phenoxy) is 1. The molecule has 1 rings (SSSR count). The lowest BCUT2D eigenvalue weighted by Gasteiger charge is -2.10. The van der Waals surface area contributed by atoms with Crippen LogP contribution < -0.4 is 5.32 Å². The van der Waals surface area contributed by atoms with Crippen LogP contribution in [-0.4, -0.2) is 19.1 Å². The first kappa shape index (κ1) is 13.3. The summed E-state index contributed by atoms with van der Waals surface area (Å²) in [5, 5.41) is 3.15. The number of aryl methyl sites for hydroxylation is 2. The number of anilines is 1. The zero-order chi connectivity index (χ0) is 12.8. The molecule has 1 aromatic rings. The number of benzene rings is 1. The van der Waals surface area contributed by atoms with Gasteiger partial charge in [-0.1, -0.05) is 12.6 Å². The fraction of sp³-hybridized carbons (Fsp3) is 0.357. The number of hydrogen-bond acceptors (Lipinski definition) is 3. The number of rotatable bonds is 5. The van der Waals surface area contributed by atoms with Crippen LogP contribution in [0.4, 0.5) is 5.69 Å². The third kappa shape index (κ3) is 3.94. The molecular weight excluding hydrogens is 214 g/mol. The van der Waals surface area contributed by atoms with Crippen molar-refractivity contribution in [3.63, 3.8) is 0 Å². The van der Waals surface area contributed by atoms with Gasteiger partial charge in [-0.15, -0.1) is 0 Å². The molecule has 0 heterocycles. The lowest BCUT2D eigenvalue weighted by Crippen LogP contribution is -2.14. The minimum absolute atomic E-state index is 0.344. The maximum absolute atomic E-state index is 11.3. The molecule has 92 valence electrons. The quantitative estimate of drug-likeness (QED) is 0.627. The van der Waals surface area contributed by atoms with Gasteiger partial charge in [-0.3, -0.25) is 0 Å². The lowest BCUT2D eigenvalue weighted by atomic mass is 10.1. The first-order valence-corrected chi connectivity index (χ1v) is 5.70. The van der Waals surface area contributed by atoms with Crippen LogP contribution in [0, 0.1) is 13.8 Å². The highest BCUT2D eigenvalue weighted by atomic mass is 16.5. The summed E-state index contributed by atoms with van der Waals surface area (Å²) in [6, 6.07) is 6.08. The molecule has 0 aliphatic heterocycles. The lowest BCUT2D eigenvalue weighted by molar-refractivity contribution is -0.138. The van der Waals surface area contributed by atoms with Crippen LogP contribution >= 0.6 is 0 Å². The second-order valence-electron chi connectivity index (χ2n) is 3.98. The Kier molecular flexibility index (Phi) is 4.76. The van der Waals surface area contributed by atoms with Gasteiger partial charge in [-0.05, 0) is 44.0 Å². The number of esters is 1. The van der Waals surface area contributed by atoms with Gasteiger partial charge in [-0.2, -0.15) is 0 Å². The van der Waals surface area contributed by atoms with Gasteiger partial charge in [0.1, 0.15) is 0 Å². The predicted molar refractivity (Wildman–Crippen MR) is 70.2 cm³/mol. The Hall–Kier alpha value is -1.77. The zero-order valence-corrected chi connectivity index (χ0v) is 10.7. The molecule has 1 aromatic carbocycles. The summed E-state index contributed by atoms with van der Waals surface area (Å²) >= 11 is 0. The van der Waals surface area contributed by atoms with Crippen LogP contribution in [0.15, 0.2) is 30.4 Å². The van der Waals surface area contributed by atoms with Crippen molar-refractivity contribution >= 4 is 11.7 Å². The third-order valence-electron chi connectivity index (χ3n) is 2.58. The first-order valence-electron chi connectivity index (χ1n) is 5.70. The van der Waals surface area contributed by atoms with E-state index < -0.39 is 0 Å². The maximum atomic E-state index is 11.3. The molecule has 1 N–H and O–H groups in total. The molecular formula is C14H19NO2. The molecule has 0 aliphatic carbocycles. The van der Waals surface area contributed by atoms with Crippen LogP contribution in [0.25, 0.3) is 0 Å². The van der Waals surface area contributed by atoms with E-state index in [1.54, 1.807) is 6.92 Å². The van der Waals surface area contributed by atoms with Gasteiger partial charge in [0.15, 0.2) is 0 Å². The minimum Gasteiger partial charge on any atom is -0.463 e. The van der Waals surface area contributed by atoms with E-state index in [9.17, 15) is 4.79 Å². The van der Waals surface area contributed by atoms with Crippen molar-refractivity contribution in [1.82, 2.24) is 0 Å². The molecule has 0 amide bonds. The van der Waals surface area contributed by atoms with Crippen molar-refractivity contribution < 1.29 is 9.53 Å². The molecule has 0 saturated heterocycles. The Morgan fingerprint density at radius 3 is 2.65 bits per heavy atom. The summed E-state index contributed by atoms with van der Waals surface area (Å²) in [5.74, 6) is -0.344. The van der Waals surface area contributed by atoms with Crippen molar-refractivity contribution in [1.29, 1.82) is 0 Å². The van der Waals surface area contributed by atoms with Crippen molar-refractivity contribution in [2.75, 3.05) is 18.5 Å². The van der Waals surface area contributed by atoms with Crippen molar-refractivity contribution in [3.05, 3.63) is 41.5 Å². The second-order valence-corrected chi connectivity index (χ2v) is 3.98. The molecule has 0 aliphatic rings. The molecule has 3 heteroatoms. The predicted octanol–water partition coefficient (Wildman–Crippen LogP) is 2.83. The summed E-state index contributed by atoms with van der Waals surface area (Å²) in [7, 11) is 0. The van der Waals surface area contributed by atoms with E-state index in [1.807, 2.05) is 18.2 Å². The summed E-state index contributed by atoms with van der Waals surface area (Å²) in [5.41, 5.74) is 3.89. The second kappa shape index (κ2) is 6.09. The van der Waals surface area contributed by atoms with E-state index in [0.29, 0.717) is 18.7 Å². The van der Waals surface area contributed by atoms with Gasteiger partial charge in [0.05, 0.1) is 6.61 Å². The number of nitrogens with one attached hydrogen (secondary N) is 1. The summed E-state index contributed by atoms with van der Waals surface area (Å²) in [6.07, 6.45) is 0. The summed E-state index contributed by atoms with van der Waals surface area (Å²) in [6.45, 7) is 10.4. The van der Waals surface area contributed by atoms with Gasteiger partial charge < -0.3 is 10.1 Å². The fourth-order valence-electron chi connectivity index (χ4n) is 1.37. The average Bonchev–Trinajstić information content (AvgIpc) is 2.30. The van der Waals surface area contributed by atoms with E-state index in [1.165, 1.54) is 11.1 Å². The Morgan fingerprint density at radius 2 is 2.06 bits per heavy atom. The molecule has 0 unspecified atom stereocenters. The monoisotopic (exact) mass is 233 g/mol. The van der Waals surface area contributed by atoms with Crippen molar-refractivity contribution in [2.24, 2.45) is 0 Å². The Labute approximate surface area is 102 Å². The molecule has 3 nitrogen and oxygen atoms in total. The third-order valence-corrected chi connectivity index (χ3v) is 2.58. The molecule has 0 aromatic heterocycles. The molecule has 0 radical (unpaired) electrons. The zero-order valence-electron chi connectivity index (χ0n) is 10.7. The summed E-state index contributed by atoms with van der Waals surface area (Å²) < 4.78 is 4.86. The van der Waals surface area contributed by atoms with E-state index in [-0.39, 0.29) is 5.97 Å². The van der Waals surface area contributed by atoms with Crippen molar-refractivity contribution in [2.45, 2.75) is 20.8 Å². The molecule has 0 saturated carbocycles. The molecule has 0 bridgehead atoms. The van der Waals surface area contributed by atoms with Gasteiger partial charge in [0.2, 0.25) is 0 Å². The van der Waals surface area contributed by atoms with Crippen molar-refractivity contribution in [3.8, 4) is 0 Å². The summed E-state index contributed by atoms with van der Waals surface area (Å²) in [4.78, 5) is 11.3. The number of carbonyl (C=O) groups excluding carboxylic acids is 1. The Balaban J connectivity index is 2.53. The maximum Gasteiger partial charge on any atom is 0.335 e. The SMILES string of the molecule is C=C(CNc1ccc(C)c(C)c1)C(=O)OCC. The molecule has 0 fully saturated rings. The average molecular weight is 233 g/mol. The minimum atomic E-state index is -0.344. The topological polar surface area (TPSA) is 38.3 Å². The highest BCUT2D eigenvalue weighted by molar-refractivity contribution is 5.88. The van der Waals surface area contributed by atoms with Crippen LogP contribution in [0.1, 0.15) is 18.1 Å². The standard InChI is InChI=1S/C14H19NO2/c1-5-17-14(16)12(4)9-15-13-7-6-10(2)11(3)8-13/h6-8,15H,4-5,9H2,1-3H3. The van der Waals surface area contributed by atoms with Gasteiger partial charge in [0, 0.05) is 17.8 Å². The van der Waals surface area contributed by atoms with Crippen LogP contribution in [0.2, 0.25) is 0 Å². The highest BCUT2D eigenvalue weighted by Crippen LogP contribution is 2.14. The Bertz CT molecular complexity index is 424. The Morgan fingerprint density at radius 1 is 1.35 bits per heavy atom. The molecule has 0 atom stereocenters. The smallest absolute Gasteiger partial charge is 0.335 e. The normalized spacial score (nSPS) is 9.82. The fourth-order valence-corrected chi connectivity index (χ4v) is 1.37. The number of carbonyl (C=O) groups is 1. The van der Waals surface area contributed by atoms with Crippen LogP contribution in [-0.2, 0) is 9.53 Å². The van der Waals surface area contributed by atoms with E-state index in [2.05, 4.69) is 25.7 Å². The van der Waals surface area contributed by atoms with E-state index in [0.717, 1.165) is 5.69 Å². The molecule has 0 spiro atoms. The van der Waals surface area contributed by atoms with E-state index >= 15 is 0 Å². The van der Waals surface area contributed by atoms with Crippen LogP contribution in [0.5, 0.6) is 0 Å². The highest BCUT2D eigenvalue weighted by Gasteiger charge is 2.07. The van der Waals surface area contributed by atoms with Gasteiger partial charge in [-0.25, -0.2) is 4.79 Å². The van der Waals surface area contributed by atoms with E-state index in [4.69, 9.17) is 4.74 Å².